The molecule has 0 amide bonds. The van der Waals surface area contributed by atoms with Crippen molar-refractivity contribution in [3.63, 3.8) is 0 Å². The van der Waals surface area contributed by atoms with Crippen LogP contribution >= 0.6 is 11.6 Å². The number of phenols is 1. The van der Waals surface area contributed by atoms with Gasteiger partial charge in [-0.25, -0.2) is 0 Å². The van der Waals surface area contributed by atoms with Gasteiger partial charge in [0.1, 0.15) is 5.75 Å². The Bertz CT molecular complexity index is 397. The summed E-state index contributed by atoms with van der Waals surface area (Å²) in [5, 5.41) is 10.7. The van der Waals surface area contributed by atoms with Crippen LogP contribution in [0.15, 0.2) is 12.1 Å². The number of phenolic OH excluding ortho intramolecular Hbond substituents is 1. The molecule has 0 radical (unpaired) electrons. The quantitative estimate of drug-likeness (QED) is 0.813. The zero-order chi connectivity index (χ0) is 11.2. The Hall–Kier alpha value is -0.730. The molecule has 1 aliphatic rings. The molecule has 82 valence electrons. The van der Waals surface area contributed by atoms with Gasteiger partial charge in [-0.2, -0.15) is 0 Å². The summed E-state index contributed by atoms with van der Waals surface area (Å²) < 4.78 is 0. The van der Waals surface area contributed by atoms with Crippen LogP contribution in [0.3, 0.4) is 0 Å². The minimum atomic E-state index is -0.0419. The van der Waals surface area contributed by atoms with E-state index in [1.165, 1.54) is 0 Å². The summed E-state index contributed by atoms with van der Waals surface area (Å²) in [4.78, 5) is 0. The lowest BCUT2D eigenvalue weighted by atomic mass is 9.87. The van der Waals surface area contributed by atoms with Crippen LogP contribution in [0.1, 0.15) is 30.9 Å². The van der Waals surface area contributed by atoms with Gasteiger partial charge >= 0.3 is 0 Å². The fourth-order valence-corrected chi connectivity index (χ4v) is 2.49. The molecule has 3 N–H and O–H groups in total. The van der Waals surface area contributed by atoms with Gasteiger partial charge in [-0.05, 0) is 44.4 Å². The summed E-state index contributed by atoms with van der Waals surface area (Å²) in [6, 6.07) is 3.68. The summed E-state index contributed by atoms with van der Waals surface area (Å²) in [7, 11) is 0. The topological polar surface area (TPSA) is 46.2 Å². The van der Waals surface area contributed by atoms with Gasteiger partial charge in [0.15, 0.2) is 0 Å². The second-order valence-corrected chi connectivity index (χ2v) is 5.00. The molecule has 1 aromatic carbocycles. The third-order valence-corrected chi connectivity index (χ3v) is 3.68. The molecule has 2 rings (SSSR count). The van der Waals surface area contributed by atoms with E-state index in [-0.39, 0.29) is 11.5 Å². The molecule has 0 spiro atoms. The monoisotopic (exact) mass is 225 g/mol. The van der Waals surface area contributed by atoms with Gasteiger partial charge in [0.05, 0.1) is 0 Å². The van der Waals surface area contributed by atoms with Crippen LogP contribution in [0.2, 0.25) is 5.02 Å². The van der Waals surface area contributed by atoms with Crippen molar-refractivity contribution in [1.29, 1.82) is 0 Å². The van der Waals surface area contributed by atoms with Gasteiger partial charge in [0.2, 0.25) is 0 Å². The molecular formula is C12H16ClNO. The molecule has 0 aromatic heterocycles. The molecule has 1 aliphatic carbocycles. The lowest BCUT2D eigenvalue weighted by Crippen LogP contribution is -2.31. The zero-order valence-electron chi connectivity index (χ0n) is 9.05. The minimum Gasteiger partial charge on any atom is -0.507 e. The van der Waals surface area contributed by atoms with Crippen molar-refractivity contribution >= 4 is 11.6 Å². The first-order valence-electron chi connectivity index (χ1n) is 5.22. The number of benzene rings is 1. The molecule has 15 heavy (non-hydrogen) atoms. The van der Waals surface area contributed by atoms with E-state index in [0.29, 0.717) is 10.8 Å². The van der Waals surface area contributed by atoms with Crippen LogP contribution in [0.4, 0.5) is 0 Å². The molecule has 0 saturated heterocycles. The van der Waals surface area contributed by atoms with Crippen LogP contribution in [0.5, 0.6) is 5.75 Å². The predicted octanol–water partition coefficient (Wildman–Crippen LogP) is 2.73. The standard InChI is InChI=1S/C12H16ClNO/c1-7-5-9(13)6-10(11(7)15)12(3-4-12)8(2)14/h5-6,8,15H,3-4,14H2,1-2H3. The fraction of sp³-hybridized carbons (Fsp3) is 0.500. The molecule has 0 heterocycles. The zero-order valence-corrected chi connectivity index (χ0v) is 9.80. The van der Waals surface area contributed by atoms with Gasteiger partial charge in [-0.15, -0.1) is 0 Å². The molecule has 1 unspecified atom stereocenters. The largest absolute Gasteiger partial charge is 0.507 e. The maximum Gasteiger partial charge on any atom is 0.122 e. The number of halogens is 1. The maximum absolute atomic E-state index is 10.0. The summed E-state index contributed by atoms with van der Waals surface area (Å²) in [5.74, 6) is 0.356. The van der Waals surface area contributed by atoms with Crippen LogP contribution in [-0.4, -0.2) is 11.1 Å². The van der Waals surface area contributed by atoms with Crippen molar-refractivity contribution in [2.75, 3.05) is 0 Å². The predicted molar refractivity (Wildman–Crippen MR) is 62.4 cm³/mol. The van der Waals surface area contributed by atoms with E-state index >= 15 is 0 Å². The maximum atomic E-state index is 10.0. The molecule has 1 fully saturated rings. The average Bonchev–Trinajstić information content (AvgIpc) is 2.91. The molecule has 2 nitrogen and oxygen atoms in total. The first-order valence-corrected chi connectivity index (χ1v) is 5.60. The van der Waals surface area contributed by atoms with Crippen molar-refractivity contribution in [3.05, 3.63) is 28.3 Å². The summed E-state index contributed by atoms with van der Waals surface area (Å²) in [6.45, 7) is 3.85. The number of nitrogens with two attached hydrogens (primary N) is 1. The van der Waals surface area contributed by atoms with Crippen LogP contribution in [0.25, 0.3) is 0 Å². The molecule has 0 aliphatic heterocycles. The first kappa shape index (κ1) is 10.8. The molecule has 0 bridgehead atoms. The Balaban J connectivity index is 2.53. The summed E-state index contributed by atoms with van der Waals surface area (Å²) in [6.07, 6.45) is 2.08. The van der Waals surface area contributed by atoms with Crippen LogP contribution in [-0.2, 0) is 5.41 Å². The van der Waals surface area contributed by atoms with Crippen molar-refractivity contribution in [2.45, 2.75) is 38.1 Å². The highest BCUT2D eigenvalue weighted by atomic mass is 35.5. The minimum absolute atomic E-state index is 0.0419. The molecule has 1 saturated carbocycles. The van der Waals surface area contributed by atoms with Gasteiger partial charge < -0.3 is 10.8 Å². The molecule has 3 heteroatoms. The Morgan fingerprint density at radius 1 is 1.47 bits per heavy atom. The van der Waals surface area contributed by atoms with Gasteiger partial charge in [0, 0.05) is 22.0 Å². The normalized spacial score (nSPS) is 20.0. The van der Waals surface area contributed by atoms with Gasteiger partial charge in [-0.3, -0.25) is 0 Å². The lowest BCUT2D eigenvalue weighted by molar-refractivity contribution is 0.443. The Morgan fingerprint density at radius 3 is 2.53 bits per heavy atom. The van der Waals surface area contributed by atoms with Crippen molar-refractivity contribution in [1.82, 2.24) is 0 Å². The average molecular weight is 226 g/mol. The third kappa shape index (κ3) is 1.62. The lowest BCUT2D eigenvalue weighted by Gasteiger charge is -2.22. The number of aromatic hydroxyl groups is 1. The summed E-state index contributed by atoms with van der Waals surface area (Å²) >= 11 is 6.01. The van der Waals surface area contributed by atoms with Crippen LogP contribution in [0, 0.1) is 6.92 Å². The van der Waals surface area contributed by atoms with E-state index < -0.39 is 0 Å². The van der Waals surface area contributed by atoms with Gasteiger partial charge in [0.25, 0.3) is 0 Å². The van der Waals surface area contributed by atoms with Crippen molar-refractivity contribution in [3.8, 4) is 5.75 Å². The Kier molecular flexibility index (Phi) is 2.44. The van der Waals surface area contributed by atoms with Crippen molar-refractivity contribution in [2.24, 2.45) is 5.73 Å². The number of rotatable bonds is 2. The highest BCUT2D eigenvalue weighted by Gasteiger charge is 2.49. The Morgan fingerprint density at radius 2 is 2.07 bits per heavy atom. The number of hydrogen-bond donors (Lipinski definition) is 2. The SMILES string of the molecule is Cc1cc(Cl)cc(C2(C(C)N)CC2)c1O. The van der Waals surface area contributed by atoms with Gasteiger partial charge in [-0.1, -0.05) is 11.6 Å². The third-order valence-electron chi connectivity index (χ3n) is 3.46. The Labute approximate surface area is 95.1 Å². The number of hydrogen-bond acceptors (Lipinski definition) is 2. The summed E-state index contributed by atoms with van der Waals surface area (Å²) in [5.41, 5.74) is 7.68. The van der Waals surface area contributed by atoms with E-state index in [1.807, 2.05) is 19.9 Å². The second kappa shape index (κ2) is 3.39. The van der Waals surface area contributed by atoms with E-state index in [2.05, 4.69) is 0 Å². The second-order valence-electron chi connectivity index (χ2n) is 4.56. The fourth-order valence-electron chi connectivity index (χ4n) is 2.22. The molecular weight excluding hydrogens is 210 g/mol. The van der Waals surface area contributed by atoms with Crippen LogP contribution < -0.4 is 5.73 Å². The van der Waals surface area contributed by atoms with E-state index in [0.717, 1.165) is 24.0 Å². The highest BCUT2D eigenvalue weighted by Crippen LogP contribution is 2.54. The molecule has 1 aromatic rings. The smallest absolute Gasteiger partial charge is 0.122 e. The molecule has 1 atom stereocenters. The van der Waals surface area contributed by atoms with E-state index in [1.54, 1.807) is 6.07 Å². The number of aryl methyl sites for hydroxylation is 1. The first-order chi connectivity index (χ1) is 6.97. The van der Waals surface area contributed by atoms with E-state index in [9.17, 15) is 5.11 Å². The van der Waals surface area contributed by atoms with E-state index in [4.69, 9.17) is 17.3 Å². The highest BCUT2D eigenvalue weighted by molar-refractivity contribution is 6.30. The van der Waals surface area contributed by atoms with Crippen molar-refractivity contribution < 1.29 is 5.11 Å².